The van der Waals surface area contributed by atoms with Crippen LogP contribution in [0.4, 0.5) is 21.8 Å². The normalized spacial score (nSPS) is 10.3. The van der Waals surface area contributed by atoms with E-state index < -0.39 is 0 Å². The van der Waals surface area contributed by atoms with Crippen molar-refractivity contribution >= 4 is 17.5 Å². The van der Waals surface area contributed by atoms with Crippen LogP contribution in [0, 0.1) is 5.82 Å². The molecule has 0 aliphatic rings. The molecule has 128 valence electrons. The fraction of sp³-hybridized carbons (Fsp3) is 0.158. The largest absolute Gasteiger partial charge is 0.496 e. The number of hydrogen-bond donors (Lipinski definition) is 2. The average Bonchev–Trinajstić information content (AvgIpc) is 2.64. The monoisotopic (exact) mass is 338 g/mol. The number of aromatic nitrogens is 2. The highest BCUT2D eigenvalue weighted by Crippen LogP contribution is 2.19. The topological polar surface area (TPSA) is 59.1 Å². The second-order valence-corrected chi connectivity index (χ2v) is 5.36. The van der Waals surface area contributed by atoms with E-state index in [9.17, 15) is 4.39 Å². The van der Waals surface area contributed by atoms with Gasteiger partial charge in [-0.05, 0) is 36.2 Å². The molecule has 3 rings (SSSR count). The lowest BCUT2D eigenvalue weighted by Gasteiger charge is -2.10. The van der Waals surface area contributed by atoms with Crippen molar-refractivity contribution in [3.05, 3.63) is 72.2 Å². The molecule has 2 aromatic carbocycles. The molecule has 0 atom stereocenters. The Morgan fingerprint density at radius 3 is 2.68 bits per heavy atom. The molecule has 0 spiro atoms. The first-order valence-corrected chi connectivity index (χ1v) is 7.96. The summed E-state index contributed by atoms with van der Waals surface area (Å²) in [6.45, 7) is 0.656. The smallest absolute Gasteiger partial charge is 0.224 e. The molecule has 0 aliphatic carbocycles. The number of para-hydroxylation sites is 2. The number of halogens is 1. The van der Waals surface area contributed by atoms with Gasteiger partial charge in [-0.3, -0.25) is 0 Å². The Morgan fingerprint density at radius 1 is 1.04 bits per heavy atom. The van der Waals surface area contributed by atoms with Gasteiger partial charge in [-0.15, -0.1) is 0 Å². The van der Waals surface area contributed by atoms with Crippen LogP contribution < -0.4 is 15.4 Å². The fourth-order valence-electron chi connectivity index (χ4n) is 2.43. The van der Waals surface area contributed by atoms with Gasteiger partial charge in [-0.25, -0.2) is 9.37 Å². The number of nitrogens with one attached hydrogen (secondary N) is 2. The molecule has 0 radical (unpaired) electrons. The molecule has 1 heterocycles. The van der Waals surface area contributed by atoms with E-state index >= 15 is 0 Å². The van der Waals surface area contributed by atoms with Crippen molar-refractivity contribution < 1.29 is 9.13 Å². The number of methoxy groups -OCH3 is 1. The lowest BCUT2D eigenvalue weighted by Crippen LogP contribution is -2.09. The predicted octanol–water partition coefficient (Wildman–Crippen LogP) is 4.02. The summed E-state index contributed by atoms with van der Waals surface area (Å²) in [4.78, 5) is 8.54. The molecule has 0 amide bonds. The zero-order valence-corrected chi connectivity index (χ0v) is 13.9. The molecule has 2 N–H and O–H groups in total. The minimum absolute atomic E-state index is 0.327. The highest BCUT2D eigenvalue weighted by molar-refractivity contribution is 5.57. The zero-order valence-electron chi connectivity index (χ0n) is 13.9. The van der Waals surface area contributed by atoms with Crippen molar-refractivity contribution in [2.45, 2.75) is 6.42 Å². The number of anilines is 3. The summed E-state index contributed by atoms with van der Waals surface area (Å²) in [5, 5.41) is 6.13. The van der Waals surface area contributed by atoms with E-state index in [1.54, 1.807) is 37.6 Å². The maximum atomic E-state index is 13.7. The van der Waals surface area contributed by atoms with Crippen molar-refractivity contribution in [1.29, 1.82) is 0 Å². The number of ether oxygens (including phenoxy) is 1. The van der Waals surface area contributed by atoms with Gasteiger partial charge in [-0.2, -0.15) is 4.98 Å². The SMILES string of the molecule is COc1ccccc1CCNc1nccc(Nc2ccccc2F)n1. The summed E-state index contributed by atoms with van der Waals surface area (Å²) in [6, 6.07) is 16.0. The molecular weight excluding hydrogens is 319 g/mol. The van der Waals surface area contributed by atoms with Gasteiger partial charge in [0.1, 0.15) is 17.4 Å². The third kappa shape index (κ3) is 4.44. The summed E-state index contributed by atoms with van der Waals surface area (Å²) < 4.78 is 19.0. The van der Waals surface area contributed by atoms with Crippen LogP contribution in [-0.4, -0.2) is 23.6 Å². The Kier molecular flexibility index (Phi) is 5.41. The van der Waals surface area contributed by atoms with Crippen LogP contribution >= 0.6 is 0 Å². The van der Waals surface area contributed by atoms with E-state index in [1.165, 1.54) is 6.07 Å². The van der Waals surface area contributed by atoms with Gasteiger partial charge in [0.25, 0.3) is 0 Å². The number of nitrogens with zero attached hydrogens (tertiary/aromatic N) is 2. The Hall–Kier alpha value is -3.15. The molecular formula is C19H19FN4O. The summed E-state index contributed by atoms with van der Waals surface area (Å²) in [7, 11) is 1.66. The van der Waals surface area contributed by atoms with Crippen molar-refractivity contribution in [3.8, 4) is 5.75 Å². The van der Waals surface area contributed by atoms with Crippen LogP contribution in [0.3, 0.4) is 0 Å². The molecule has 0 fully saturated rings. The van der Waals surface area contributed by atoms with E-state index in [-0.39, 0.29) is 5.82 Å². The Bertz CT molecular complexity index is 841. The van der Waals surface area contributed by atoms with Crippen molar-refractivity contribution in [2.75, 3.05) is 24.3 Å². The van der Waals surface area contributed by atoms with Gasteiger partial charge >= 0.3 is 0 Å². The van der Waals surface area contributed by atoms with Crippen molar-refractivity contribution in [1.82, 2.24) is 9.97 Å². The van der Waals surface area contributed by atoms with Crippen LogP contribution in [0.15, 0.2) is 60.8 Å². The van der Waals surface area contributed by atoms with Gasteiger partial charge in [0.15, 0.2) is 0 Å². The third-order valence-electron chi connectivity index (χ3n) is 3.66. The van der Waals surface area contributed by atoms with Gasteiger partial charge in [0, 0.05) is 12.7 Å². The summed E-state index contributed by atoms with van der Waals surface area (Å²) in [5.74, 6) is 1.54. The summed E-state index contributed by atoms with van der Waals surface area (Å²) >= 11 is 0. The maximum Gasteiger partial charge on any atom is 0.224 e. The van der Waals surface area contributed by atoms with Crippen molar-refractivity contribution in [3.63, 3.8) is 0 Å². The lowest BCUT2D eigenvalue weighted by molar-refractivity contribution is 0.410. The Morgan fingerprint density at radius 2 is 1.84 bits per heavy atom. The van der Waals surface area contributed by atoms with E-state index in [4.69, 9.17) is 4.74 Å². The van der Waals surface area contributed by atoms with E-state index in [0.717, 1.165) is 17.7 Å². The molecule has 5 nitrogen and oxygen atoms in total. The molecule has 6 heteroatoms. The highest BCUT2D eigenvalue weighted by atomic mass is 19.1. The quantitative estimate of drug-likeness (QED) is 0.681. The summed E-state index contributed by atoms with van der Waals surface area (Å²) in [6.07, 6.45) is 2.40. The first-order chi connectivity index (χ1) is 12.3. The zero-order chi connectivity index (χ0) is 17.5. The Balaban J connectivity index is 1.61. The standard InChI is InChI=1S/C19H19FN4O/c1-25-17-9-5-2-6-14(17)10-12-21-19-22-13-11-18(24-19)23-16-8-4-3-7-15(16)20/h2-9,11,13H,10,12H2,1H3,(H2,21,22,23,24). The highest BCUT2D eigenvalue weighted by Gasteiger charge is 2.05. The van der Waals surface area contributed by atoms with Crippen LogP contribution in [0.5, 0.6) is 5.75 Å². The van der Waals surface area contributed by atoms with Gasteiger partial charge in [-0.1, -0.05) is 30.3 Å². The Labute approximate surface area is 145 Å². The van der Waals surface area contributed by atoms with Crippen LogP contribution in [0.1, 0.15) is 5.56 Å². The third-order valence-corrected chi connectivity index (χ3v) is 3.66. The van der Waals surface area contributed by atoms with Crippen LogP contribution in [0.25, 0.3) is 0 Å². The first-order valence-electron chi connectivity index (χ1n) is 7.96. The number of benzene rings is 2. The molecule has 1 aromatic heterocycles. The van der Waals surface area contributed by atoms with E-state index in [2.05, 4.69) is 20.6 Å². The van der Waals surface area contributed by atoms with E-state index in [0.29, 0.717) is 24.0 Å². The van der Waals surface area contributed by atoms with Gasteiger partial charge in [0.05, 0.1) is 12.8 Å². The fourth-order valence-corrected chi connectivity index (χ4v) is 2.43. The second-order valence-electron chi connectivity index (χ2n) is 5.36. The predicted molar refractivity (Wildman–Crippen MR) is 96.9 cm³/mol. The average molecular weight is 338 g/mol. The first kappa shape index (κ1) is 16.7. The lowest BCUT2D eigenvalue weighted by atomic mass is 10.1. The van der Waals surface area contributed by atoms with E-state index in [1.807, 2.05) is 24.3 Å². The molecule has 0 saturated heterocycles. The molecule has 0 unspecified atom stereocenters. The molecule has 3 aromatic rings. The van der Waals surface area contributed by atoms with Gasteiger partial charge in [0.2, 0.25) is 5.95 Å². The number of hydrogen-bond acceptors (Lipinski definition) is 5. The molecule has 0 aliphatic heterocycles. The van der Waals surface area contributed by atoms with Crippen LogP contribution in [0.2, 0.25) is 0 Å². The maximum absolute atomic E-state index is 13.7. The molecule has 0 saturated carbocycles. The van der Waals surface area contributed by atoms with Crippen molar-refractivity contribution in [2.24, 2.45) is 0 Å². The summed E-state index contributed by atoms with van der Waals surface area (Å²) in [5.41, 5.74) is 1.49. The van der Waals surface area contributed by atoms with Crippen LogP contribution in [-0.2, 0) is 6.42 Å². The minimum atomic E-state index is -0.327. The van der Waals surface area contributed by atoms with Gasteiger partial charge < -0.3 is 15.4 Å². The number of rotatable bonds is 7. The minimum Gasteiger partial charge on any atom is -0.496 e. The second kappa shape index (κ2) is 8.10. The molecule has 0 bridgehead atoms. The molecule has 25 heavy (non-hydrogen) atoms.